The molecule has 2 saturated heterocycles. The molecule has 5 nitrogen and oxygen atoms in total. The minimum absolute atomic E-state index is 0.554. The van der Waals surface area contributed by atoms with Crippen molar-refractivity contribution in [1.82, 2.24) is 20.4 Å². The third-order valence-corrected chi connectivity index (χ3v) is 7.09. The summed E-state index contributed by atoms with van der Waals surface area (Å²) >= 11 is 0. The van der Waals surface area contributed by atoms with Crippen molar-refractivity contribution in [2.24, 2.45) is 10.9 Å². The fourth-order valence-corrected chi connectivity index (χ4v) is 4.98. The summed E-state index contributed by atoms with van der Waals surface area (Å²) < 4.78 is 0. The van der Waals surface area contributed by atoms with Crippen molar-refractivity contribution in [3.8, 4) is 0 Å². The lowest BCUT2D eigenvalue weighted by atomic mass is 9.90. The Labute approximate surface area is 190 Å². The normalized spacial score (nSPS) is 20.3. The van der Waals surface area contributed by atoms with E-state index in [-0.39, 0.29) is 0 Å². The number of unbranched alkanes of at least 4 members (excludes halogenated alkanes) is 1. The number of nitrogens with zero attached hydrogens (tertiary/aromatic N) is 3. The van der Waals surface area contributed by atoms with E-state index < -0.39 is 0 Å². The molecule has 0 amide bonds. The number of hydrogen-bond acceptors (Lipinski definition) is 3. The van der Waals surface area contributed by atoms with E-state index in [1.54, 1.807) is 0 Å². The van der Waals surface area contributed by atoms with Crippen molar-refractivity contribution in [3.05, 3.63) is 35.9 Å². The van der Waals surface area contributed by atoms with Crippen molar-refractivity contribution in [2.45, 2.75) is 70.9 Å². The van der Waals surface area contributed by atoms with Gasteiger partial charge in [-0.2, -0.15) is 0 Å². The lowest BCUT2D eigenvalue weighted by molar-refractivity contribution is 0.167. The molecule has 0 aromatic heterocycles. The summed E-state index contributed by atoms with van der Waals surface area (Å²) in [6.07, 6.45) is 8.83. The van der Waals surface area contributed by atoms with Gasteiger partial charge in [-0.15, -0.1) is 0 Å². The Morgan fingerprint density at radius 2 is 1.71 bits per heavy atom. The van der Waals surface area contributed by atoms with E-state index in [4.69, 9.17) is 0 Å². The zero-order valence-corrected chi connectivity index (χ0v) is 20.2. The minimum atomic E-state index is 0.554. The van der Waals surface area contributed by atoms with E-state index >= 15 is 0 Å². The molecule has 0 spiro atoms. The van der Waals surface area contributed by atoms with Crippen molar-refractivity contribution in [3.63, 3.8) is 0 Å². The molecule has 2 heterocycles. The molecule has 0 atom stereocenters. The van der Waals surface area contributed by atoms with Crippen molar-refractivity contribution >= 4 is 5.96 Å². The van der Waals surface area contributed by atoms with Gasteiger partial charge in [0.05, 0.1) is 0 Å². The highest BCUT2D eigenvalue weighted by atomic mass is 15.2. The van der Waals surface area contributed by atoms with Gasteiger partial charge in [0.15, 0.2) is 5.96 Å². The third kappa shape index (κ3) is 8.46. The Balaban J connectivity index is 1.22. The van der Waals surface area contributed by atoms with E-state index in [0.29, 0.717) is 12.1 Å². The van der Waals surface area contributed by atoms with Crippen molar-refractivity contribution < 1.29 is 0 Å². The second-order valence-electron chi connectivity index (χ2n) is 9.73. The van der Waals surface area contributed by atoms with E-state index in [9.17, 15) is 0 Å². The fraction of sp³-hybridized carbons (Fsp3) is 0.731. The van der Waals surface area contributed by atoms with Gasteiger partial charge in [-0.1, -0.05) is 30.3 Å². The van der Waals surface area contributed by atoms with Crippen LogP contribution in [0.4, 0.5) is 0 Å². The van der Waals surface area contributed by atoms with Gasteiger partial charge in [-0.25, -0.2) is 0 Å². The first kappa shape index (κ1) is 24.1. The van der Waals surface area contributed by atoms with Crippen LogP contribution in [-0.2, 0) is 6.42 Å². The molecule has 0 radical (unpaired) electrons. The average molecular weight is 428 g/mol. The van der Waals surface area contributed by atoms with Gasteiger partial charge in [0.25, 0.3) is 0 Å². The maximum Gasteiger partial charge on any atom is 0.191 e. The molecule has 174 valence electrons. The summed E-state index contributed by atoms with van der Waals surface area (Å²) in [4.78, 5) is 9.67. The van der Waals surface area contributed by atoms with E-state index in [0.717, 1.165) is 18.4 Å². The molecule has 1 aromatic carbocycles. The number of likely N-dealkylation sites (tertiary alicyclic amines) is 2. The van der Waals surface area contributed by atoms with Crippen LogP contribution >= 0.6 is 0 Å². The van der Waals surface area contributed by atoms with Gasteiger partial charge in [0, 0.05) is 38.8 Å². The second kappa shape index (κ2) is 13.1. The van der Waals surface area contributed by atoms with Crippen LogP contribution in [0.2, 0.25) is 0 Å². The standard InChI is InChI=1S/C26H45N5/c1-22(2)31-19-13-25(14-20-31)29-26(27-3)28-15-7-8-16-30-17-11-24(12-18-30)21-23-9-5-4-6-10-23/h4-6,9-10,22,24-25H,7-8,11-21H2,1-3H3,(H2,27,28,29). The smallest absolute Gasteiger partial charge is 0.191 e. The number of guanidine groups is 1. The van der Waals surface area contributed by atoms with Crippen LogP contribution in [-0.4, -0.2) is 74.2 Å². The van der Waals surface area contributed by atoms with E-state index in [2.05, 4.69) is 69.6 Å². The van der Waals surface area contributed by atoms with Gasteiger partial charge >= 0.3 is 0 Å². The lowest BCUT2D eigenvalue weighted by Crippen LogP contribution is -2.50. The summed E-state index contributed by atoms with van der Waals surface area (Å²) in [6.45, 7) is 11.7. The van der Waals surface area contributed by atoms with Crippen LogP contribution in [0.3, 0.4) is 0 Å². The summed E-state index contributed by atoms with van der Waals surface area (Å²) in [5.41, 5.74) is 1.50. The van der Waals surface area contributed by atoms with Crippen LogP contribution in [0.1, 0.15) is 57.9 Å². The molecule has 1 aromatic rings. The van der Waals surface area contributed by atoms with E-state index in [1.165, 1.54) is 83.2 Å². The Hall–Kier alpha value is -1.59. The number of piperidine rings is 2. The molecule has 0 bridgehead atoms. The van der Waals surface area contributed by atoms with Gasteiger partial charge in [-0.05, 0) is 89.9 Å². The summed E-state index contributed by atoms with van der Waals surface area (Å²) in [5, 5.41) is 7.16. The maximum atomic E-state index is 4.44. The molecular formula is C26H45N5. The van der Waals surface area contributed by atoms with Crippen LogP contribution in [0.5, 0.6) is 0 Å². The fourth-order valence-electron chi connectivity index (χ4n) is 4.98. The molecule has 3 rings (SSSR count). The lowest BCUT2D eigenvalue weighted by Gasteiger charge is -2.35. The highest BCUT2D eigenvalue weighted by molar-refractivity contribution is 5.79. The van der Waals surface area contributed by atoms with Gasteiger partial charge in [-0.3, -0.25) is 4.99 Å². The summed E-state index contributed by atoms with van der Waals surface area (Å²) in [7, 11) is 1.89. The number of benzene rings is 1. The predicted molar refractivity (Wildman–Crippen MR) is 133 cm³/mol. The van der Waals surface area contributed by atoms with Crippen molar-refractivity contribution in [1.29, 1.82) is 0 Å². The van der Waals surface area contributed by atoms with Gasteiger partial charge in [0.2, 0.25) is 0 Å². The minimum Gasteiger partial charge on any atom is -0.356 e. The van der Waals surface area contributed by atoms with Crippen molar-refractivity contribution in [2.75, 3.05) is 46.3 Å². The largest absolute Gasteiger partial charge is 0.356 e. The molecular weight excluding hydrogens is 382 g/mol. The SMILES string of the molecule is CN=C(NCCCCN1CCC(Cc2ccccc2)CC1)NC1CCN(C(C)C)CC1. The maximum absolute atomic E-state index is 4.44. The first-order valence-electron chi connectivity index (χ1n) is 12.6. The van der Waals surface area contributed by atoms with Crippen LogP contribution in [0.15, 0.2) is 35.3 Å². The second-order valence-corrected chi connectivity index (χ2v) is 9.73. The van der Waals surface area contributed by atoms with Crippen LogP contribution in [0.25, 0.3) is 0 Å². The van der Waals surface area contributed by atoms with Gasteiger partial charge in [0.1, 0.15) is 0 Å². The highest BCUT2D eigenvalue weighted by Crippen LogP contribution is 2.21. The Morgan fingerprint density at radius 3 is 2.35 bits per heavy atom. The Kier molecular flexibility index (Phi) is 10.1. The summed E-state index contributed by atoms with van der Waals surface area (Å²) in [5.74, 6) is 1.84. The monoisotopic (exact) mass is 427 g/mol. The molecule has 2 N–H and O–H groups in total. The topological polar surface area (TPSA) is 42.9 Å². The molecule has 31 heavy (non-hydrogen) atoms. The number of hydrogen-bond donors (Lipinski definition) is 2. The Morgan fingerprint density at radius 1 is 1.00 bits per heavy atom. The third-order valence-electron chi connectivity index (χ3n) is 7.09. The zero-order chi connectivity index (χ0) is 21.9. The Bertz CT molecular complexity index is 628. The zero-order valence-electron chi connectivity index (χ0n) is 20.2. The molecule has 0 unspecified atom stereocenters. The quantitative estimate of drug-likeness (QED) is 0.358. The number of nitrogens with one attached hydrogen (secondary N) is 2. The first-order chi connectivity index (χ1) is 15.1. The number of rotatable bonds is 9. The van der Waals surface area contributed by atoms with Gasteiger partial charge < -0.3 is 20.4 Å². The predicted octanol–water partition coefficient (Wildman–Crippen LogP) is 3.76. The molecule has 2 fully saturated rings. The molecule has 2 aliphatic rings. The molecule has 0 saturated carbocycles. The molecule has 2 aliphatic heterocycles. The average Bonchev–Trinajstić information content (AvgIpc) is 2.80. The van der Waals surface area contributed by atoms with Crippen LogP contribution in [0, 0.1) is 5.92 Å². The van der Waals surface area contributed by atoms with E-state index in [1.807, 2.05) is 7.05 Å². The summed E-state index contributed by atoms with van der Waals surface area (Å²) in [6, 6.07) is 12.2. The molecule has 0 aliphatic carbocycles. The highest BCUT2D eigenvalue weighted by Gasteiger charge is 2.21. The first-order valence-corrected chi connectivity index (χ1v) is 12.6. The molecule has 5 heteroatoms. The number of aliphatic imine (C=N–C) groups is 1. The van der Waals surface area contributed by atoms with Crippen LogP contribution < -0.4 is 10.6 Å².